The van der Waals surface area contributed by atoms with Crippen LogP contribution in [0.25, 0.3) is 0 Å². The van der Waals surface area contributed by atoms with Gasteiger partial charge in [-0.3, -0.25) is 4.90 Å². The van der Waals surface area contributed by atoms with Crippen molar-refractivity contribution in [3.8, 4) is 0 Å². The van der Waals surface area contributed by atoms with Gasteiger partial charge in [-0.1, -0.05) is 37.3 Å². The lowest BCUT2D eigenvalue weighted by Gasteiger charge is -2.26. The summed E-state index contributed by atoms with van der Waals surface area (Å²) in [7, 11) is 0. The summed E-state index contributed by atoms with van der Waals surface area (Å²) in [5.41, 5.74) is 1.34. The molecule has 1 aliphatic rings. The minimum absolute atomic E-state index is 0.159. The molecule has 0 N–H and O–H groups in total. The van der Waals surface area contributed by atoms with E-state index in [9.17, 15) is 4.79 Å². The molecule has 2 rings (SSSR count). The fourth-order valence-electron chi connectivity index (χ4n) is 2.55. The molecule has 2 atom stereocenters. The van der Waals surface area contributed by atoms with Crippen LogP contribution in [-0.4, -0.2) is 23.8 Å². The predicted molar refractivity (Wildman–Crippen MR) is 65.1 cm³/mol. The lowest BCUT2D eigenvalue weighted by atomic mass is 10.0. The van der Waals surface area contributed by atoms with E-state index in [-0.39, 0.29) is 5.92 Å². The zero-order chi connectivity index (χ0) is 11.4. The quantitative estimate of drug-likeness (QED) is 0.722. The Morgan fingerprint density at radius 3 is 2.88 bits per heavy atom. The topological polar surface area (TPSA) is 20.3 Å². The van der Waals surface area contributed by atoms with Gasteiger partial charge in [0.05, 0.1) is 0 Å². The third-order valence-corrected chi connectivity index (χ3v) is 3.46. The molecule has 1 heterocycles. The molecule has 0 bridgehead atoms. The van der Waals surface area contributed by atoms with E-state index in [0.29, 0.717) is 6.04 Å². The number of aldehydes is 1. The fraction of sp³-hybridized carbons (Fsp3) is 0.500. The second-order valence-corrected chi connectivity index (χ2v) is 4.66. The van der Waals surface area contributed by atoms with Crippen LogP contribution in [0.1, 0.15) is 25.3 Å². The molecule has 0 radical (unpaired) electrons. The Kier molecular flexibility index (Phi) is 3.73. The molecule has 2 heteroatoms. The monoisotopic (exact) mass is 217 g/mol. The normalized spacial score (nSPS) is 23.2. The number of hydrogen-bond acceptors (Lipinski definition) is 2. The van der Waals surface area contributed by atoms with Gasteiger partial charge in [-0.15, -0.1) is 0 Å². The molecule has 0 aromatic heterocycles. The number of benzene rings is 1. The summed E-state index contributed by atoms with van der Waals surface area (Å²) in [6.45, 7) is 4.13. The number of rotatable bonds is 4. The number of carbonyl (C=O) groups is 1. The van der Waals surface area contributed by atoms with E-state index in [2.05, 4.69) is 29.2 Å². The molecular weight excluding hydrogens is 198 g/mol. The highest BCUT2D eigenvalue weighted by molar-refractivity contribution is 5.54. The third-order valence-electron chi connectivity index (χ3n) is 3.46. The van der Waals surface area contributed by atoms with E-state index in [0.717, 1.165) is 25.8 Å². The SMILES string of the molecule is CC(C=O)C1CCCN1Cc1ccccc1. The maximum Gasteiger partial charge on any atom is 0.124 e. The van der Waals surface area contributed by atoms with Crippen LogP contribution in [0.5, 0.6) is 0 Å². The van der Waals surface area contributed by atoms with Crippen LogP contribution in [0.3, 0.4) is 0 Å². The van der Waals surface area contributed by atoms with Crippen LogP contribution in [0, 0.1) is 5.92 Å². The molecule has 0 spiro atoms. The zero-order valence-electron chi connectivity index (χ0n) is 9.80. The molecule has 86 valence electrons. The summed E-state index contributed by atoms with van der Waals surface area (Å²) in [6.07, 6.45) is 3.47. The van der Waals surface area contributed by atoms with Crippen molar-refractivity contribution in [1.29, 1.82) is 0 Å². The molecule has 1 saturated heterocycles. The number of hydrogen-bond donors (Lipinski definition) is 0. The third kappa shape index (κ3) is 2.50. The summed E-state index contributed by atoms with van der Waals surface area (Å²) in [5, 5.41) is 0. The van der Waals surface area contributed by atoms with Gasteiger partial charge in [-0.25, -0.2) is 0 Å². The molecule has 2 nitrogen and oxygen atoms in total. The Hall–Kier alpha value is -1.15. The molecule has 1 aromatic rings. The average molecular weight is 217 g/mol. The summed E-state index contributed by atoms with van der Waals surface area (Å²) >= 11 is 0. The molecule has 0 aliphatic carbocycles. The zero-order valence-corrected chi connectivity index (χ0v) is 9.80. The predicted octanol–water partition coefficient (Wildman–Crippen LogP) is 2.49. The first-order valence-corrected chi connectivity index (χ1v) is 6.04. The molecule has 2 unspecified atom stereocenters. The van der Waals surface area contributed by atoms with Crippen molar-refractivity contribution in [2.75, 3.05) is 6.54 Å². The van der Waals surface area contributed by atoms with E-state index in [1.165, 1.54) is 12.0 Å². The summed E-state index contributed by atoms with van der Waals surface area (Å²) in [4.78, 5) is 13.3. The Morgan fingerprint density at radius 2 is 2.19 bits per heavy atom. The molecule has 1 aliphatic heterocycles. The van der Waals surface area contributed by atoms with Gasteiger partial charge in [-0.2, -0.15) is 0 Å². The number of likely N-dealkylation sites (tertiary alicyclic amines) is 1. The molecule has 0 amide bonds. The lowest BCUT2D eigenvalue weighted by Crippen LogP contribution is -2.34. The van der Waals surface area contributed by atoms with E-state index in [4.69, 9.17) is 0 Å². The van der Waals surface area contributed by atoms with Crippen molar-refractivity contribution in [3.05, 3.63) is 35.9 Å². The van der Waals surface area contributed by atoms with Crippen molar-refractivity contribution >= 4 is 6.29 Å². The van der Waals surface area contributed by atoms with Crippen LogP contribution in [0.4, 0.5) is 0 Å². The second-order valence-electron chi connectivity index (χ2n) is 4.66. The van der Waals surface area contributed by atoms with Crippen molar-refractivity contribution in [2.24, 2.45) is 5.92 Å². The van der Waals surface area contributed by atoms with Gasteiger partial charge in [0.25, 0.3) is 0 Å². The van der Waals surface area contributed by atoms with Crippen LogP contribution in [-0.2, 0) is 11.3 Å². The Bertz CT molecular complexity index is 336. The minimum atomic E-state index is 0.159. The smallest absolute Gasteiger partial charge is 0.124 e. The average Bonchev–Trinajstić information content (AvgIpc) is 2.77. The first kappa shape index (κ1) is 11.3. The summed E-state index contributed by atoms with van der Waals surface area (Å²) in [5.74, 6) is 0.159. The van der Waals surface area contributed by atoms with Crippen LogP contribution in [0.2, 0.25) is 0 Å². The highest BCUT2D eigenvalue weighted by atomic mass is 16.1. The van der Waals surface area contributed by atoms with Crippen LogP contribution < -0.4 is 0 Å². The van der Waals surface area contributed by atoms with E-state index < -0.39 is 0 Å². The molecular formula is C14H19NO. The Balaban J connectivity index is 2.01. The van der Waals surface area contributed by atoms with Crippen LogP contribution >= 0.6 is 0 Å². The summed E-state index contributed by atoms with van der Waals surface area (Å²) < 4.78 is 0. The first-order valence-electron chi connectivity index (χ1n) is 6.04. The van der Waals surface area contributed by atoms with Gasteiger partial charge in [0.2, 0.25) is 0 Å². The van der Waals surface area contributed by atoms with Crippen LogP contribution in [0.15, 0.2) is 30.3 Å². The van der Waals surface area contributed by atoms with E-state index >= 15 is 0 Å². The van der Waals surface area contributed by atoms with Gasteiger partial charge in [0, 0.05) is 18.5 Å². The standard InChI is InChI=1S/C14H19NO/c1-12(11-16)14-8-5-9-15(14)10-13-6-3-2-4-7-13/h2-4,6-7,11-12,14H,5,8-10H2,1H3. The van der Waals surface area contributed by atoms with Gasteiger partial charge in [-0.05, 0) is 24.9 Å². The minimum Gasteiger partial charge on any atom is -0.303 e. The maximum atomic E-state index is 10.9. The van der Waals surface area contributed by atoms with Crippen molar-refractivity contribution in [1.82, 2.24) is 4.90 Å². The fourth-order valence-corrected chi connectivity index (χ4v) is 2.55. The lowest BCUT2D eigenvalue weighted by molar-refractivity contribution is -0.112. The van der Waals surface area contributed by atoms with Gasteiger partial charge >= 0.3 is 0 Å². The molecule has 16 heavy (non-hydrogen) atoms. The molecule has 1 aromatic carbocycles. The first-order chi connectivity index (χ1) is 7.81. The largest absolute Gasteiger partial charge is 0.303 e. The Labute approximate surface area is 97.3 Å². The van der Waals surface area contributed by atoms with Crippen molar-refractivity contribution < 1.29 is 4.79 Å². The van der Waals surface area contributed by atoms with Gasteiger partial charge in [0.15, 0.2) is 0 Å². The maximum absolute atomic E-state index is 10.9. The summed E-state index contributed by atoms with van der Waals surface area (Å²) in [6, 6.07) is 10.9. The molecule has 0 saturated carbocycles. The van der Waals surface area contributed by atoms with E-state index in [1.54, 1.807) is 0 Å². The Morgan fingerprint density at radius 1 is 1.44 bits per heavy atom. The number of nitrogens with zero attached hydrogens (tertiary/aromatic N) is 1. The van der Waals surface area contributed by atoms with Gasteiger partial charge in [0.1, 0.15) is 6.29 Å². The highest BCUT2D eigenvalue weighted by Crippen LogP contribution is 2.24. The van der Waals surface area contributed by atoms with Crippen molar-refractivity contribution in [2.45, 2.75) is 32.4 Å². The number of carbonyl (C=O) groups excluding carboxylic acids is 1. The molecule has 1 fully saturated rings. The van der Waals surface area contributed by atoms with E-state index in [1.807, 2.05) is 13.0 Å². The second kappa shape index (κ2) is 5.26. The van der Waals surface area contributed by atoms with Crippen molar-refractivity contribution in [3.63, 3.8) is 0 Å². The van der Waals surface area contributed by atoms with Gasteiger partial charge < -0.3 is 4.79 Å². The highest BCUT2D eigenvalue weighted by Gasteiger charge is 2.28.